The van der Waals surface area contributed by atoms with Crippen molar-refractivity contribution in [2.45, 2.75) is 27.2 Å². The van der Waals surface area contributed by atoms with Crippen LogP contribution in [0.25, 0.3) is 0 Å². The molecule has 1 aromatic carbocycles. The second-order valence-electron chi connectivity index (χ2n) is 4.84. The number of nitro groups is 1. The van der Waals surface area contributed by atoms with E-state index in [1.807, 2.05) is 0 Å². The van der Waals surface area contributed by atoms with Crippen molar-refractivity contribution in [2.75, 3.05) is 6.61 Å². The summed E-state index contributed by atoms with van der Waals surface area (Å²) in [6.45, 7) is 9.11. The molecule has 20 heavy (non-hydrogen) atoms. The molecule has 5 heteroatoms. The summed E-state index contributed by atoms with van der Waals surface area (Å²) in [5, 5.41) is 10.9. The van der Waals surface area contributed by atoms with Gasteiger partial charge in [0.15, 0.2) is 0 Å². The van der Waals surface area contributed by atoms with Crippen molar-refractivity contribution in [3.05, 3.63) is 52.1 Å². The maximum absolute atomic E-state index is 12.0. The zero-order valence-electron chi connectivity index (χ0n) is 12.0. The molecule has 0 saturated heterocycles. The van der Waals surface area contributed by atoms with Crippen LogP contribution in [0.1, 0.15) is 25.0 Å². The van der Waals surface area contributed by atoms with Gasteiger partial charge in [-0.3, -0.25) is 14.9 Å². The Labute approximate surface area is 118 Å². The van der Waals surface area contributed by atoms with Crippen LogP contribution in [0.2, 0.25) is 0 Å². The molecule has 0 radical (unpaired) electrons. The summed E-state index contributed by atoms with van der Waals surface area (Å²) in [6.07, 6.45) is 1.85. The quantitative estimate of drug-likeness (QED) is 0.346. The van der Waals surface area contributed by atoms with Crippen molar-refractivity contribution in [1.82, 2.24) is 0 Å². The number of hydrogen-bond donors (Lipinski definition) is 0. The predicted molar refractivity (Wildman–Crippen MR) is 76.5 cm³/mol. The average Bonchev–Trinajstić information content (AvgIpc) is 2.40. The van der Waals surface area contributed by atoms with Gasteiger partial charge in [-0.15, -0.1) is 6.58 Å². The number of carbonyl (C=O) groups is 1. The molecule has 0 spiro atoms. The van der Waals surface area contributed by atoms with E-state index >= 15 is 0 Å². The van der Waals surface area contributed by atoms with E-state index in [2.05, 4.69) is 6.58 Å². The second-order valence-corrected chi connectivity index (χ2v) is 4.84. The summed E-state index contributed by atoms with van der Waals surface area (Å²) in [6, 6.07) is 4.85. The van der Waals surface area contributed by atoms with Crippen LogP contribution in [0.5, 0.6) is 0 Å². The standard InChI is InChI=1S/C15H19NO4/c1-5-15(4,14(17)20-6-2)10-12-8-7-9-13(11(12)3)16(18)19/h5,7-9H,1,6,10H2,2-4H3. The number of nitro benzene ring substituents is 1. The first kappa shape index (κ1) is 15.9. The molecule has 108 valence electrons. The summed E-state index contributed by atoms with van der Waals surface area (Å²) >= 11 is 0. The van der Waals surface area contributed by atoms with Gasteiger partial charge < -0.3 is 4.74 Å². The molecular weight excluding hydrogens is 258 g/mol. The molecule has 0 fully saturated rings. The maximum Gasteiger partial charge on any atom is 0.315 e. The average molecular weight is 277 g/mol. The van der Waals surface area contributed by atoms with Crippen LogP contribution in [-0.4, -0.2) is 17.5 Å². The summed E-state index contributed by atoms with van der Waals surface area (Å²) in [5.41, 5.74) is 0.470. The van der Waals surface area contributed by atoms with Gasteiger partial charge in [-0.05, 0) is 32.8 Å². The van der Waals surface area contributed by atoms with Gasteiger partial charge in [0.25, 0.3) is 5.69 Å². The van der Waals surface area contributed by atoms with Gasteiger partial charge in [0.05, 0.1) is 16.9 Å². The maximum atomic E-state index is 12.0. The van der Waals surface area contributed by atoms with Crippen molar-refractivity contribution in [1.29, 1.82) is 0 Å². The lowest BCUT2D eigenvalue weighted by molar-refractivity contribution is -0.385. The number of hydrogen-bond acceptors (Lipinski definition) is 4. The SMILES string of the molecule is C=CC(C)(Cc1cccc([N+](=O)[O-])c1C)C(=O)OCC. The highest BCUT2D eigenvalue weighted by molar-refractivity contribution is 5.79. The van der Waals surface area contributed by atoms with Crippen LogP contribution in [0.4, 0.5) is 5.69 Å². The van der Waals surface area contributed by atoms with Crippen molar-refractivity contribution in [3.63, 3.8) is 0 Å². The Kier molecular flexibility index (Phi) is 5.02. The Balaban J connectivity index is 3.14. The van der Waals surface area contributed by atoms with Crippen LogP contribution in [-0.2, 0) is 16.0 Å². The Hall–Kier alpha value is -2.17. The molecule has 0 amide bonds. The normalized spacial score (nSPS) is 13.3. The molecule has 1 rings (SSSR count). The number of carbonyl (C=O) groups excluding carboxylic acids is 1. The van der Waals surface area contributed by atoms with E-state index in [1.165, 1.54) is 12.1 Å². The van der Waals surface area contributed by atoms with Gasteiger partial charge in [-0.2, -0.15) is 0 Å². The zero-order valence-corrected chi connectivity index (χ0v) is 12.0. The van der Waals surface area contributed by atoms with Crippen molar-refractivity contribution in [2.24, 2.45) is 5.41 Å². The number of rotatable bonds is 6. The lowest BCUT2D eigenvalue weighted by Crippen LogP contribution is -2.30. The number of ether oxygens (including phenoxy) is 1. The highest BCUT2D eigenvalue weighted by Gasteiger charge is 2.32. The van der Waals surface area contributed by atoms with Crippen LogP contribution in [0, 0.1) is 22.5 Å². The highest BCUT2D eigenvalue weighted by Crippen LogP contribution is 2.30. The molecule has 0 N–H and O–H groups in total. The third kappa shape index (κ3) is 3.23. The summed E-state index contributed by atoms with van der Waals surface area (Å²) < 4.78 is 5.04. The Morgan fingerprint density at radius 3 is 2.70 bits per heavy atom. The first-order valence-electron chi connectivity index (χ1n) is 6.39. The van der Waals surface area contributed by atoms with E-state index in [0.717, 1.165) is 5.56 Å². The van der Waals surface area contributed by atoms with Crippen LogP contribution < -0.4 is 0 Å². The topological polar surface area (TPSA) is 69.4 Å². The predicted octanol–water partition coefficient (Wildman–Crippen LogP) is 3.20. The second kappa shape index (κ2) is 6.32. The lowest BCUT2D eigenvalue weighted by atomic mass is 9.82. The smallest absolute Gasteiger partial charge is 0.315 e. The molecule has 0 saturated carbocycles. The van der Waals surface area contributed by atoms with Crippen LogP contribution in [0.15, 0.2) is 30.9 Å². The number of nitrogens with zero attached hydrogens (tertiary/aromatic N) is 1. The fourth-order valence-corrected chi connectivity index (χ4v) is 1.98. The van der Waals surface area contributed by atoms with Gasteiger partial charge in [0.1, 0.15) is 0 Å². The van der Waals surface area contributed by atoms with E-state index in [9.17, 15) is 14.9 Å². The van der Waals surface area contributed by atoms with Crippen LogP contribution in [0.3, 0.4) is 0 Å². The summed E-state index contributed by atoms with van der Waals surface area (Å²) in [7, 11) is 0. The van der Waals surface area contributed by atoms with E-state index in [0.29, 0.717) is 12.0 Å². The number of benzene rings is 1. The van der Waals surface area contributed by atoms with E-state index in [-0.39, 0.29) is 18.3 Å². The fourth-order valence-electron chi connectivity index (χ4n) is 1.98. The third-order valence-corrected chi connectivity index (χ3v) is 3.36. The van der Waals surface area contributed by atoms with Gasteiger partial charge in [-0.25, -0.2) is 0 Å². The minimum absolute atomic E-state index is 0.0535. The lowest BCUT2D eigenvalue weighted by Gasteiger charge is -2.24. The Morgan fingerprint density at radius 1 is 1.55 bits per heavy atom. The molecule has 0 aliphatic carbocycles. The van der Waals surface area contributed by atoms with Gasteiger partial charge in [0.2, 0.25) is 0 Å². The van der Waals surface area contributed by atoms with Crippen molar-refractivity contribution < 1.29 is 14.5 Å². The van der Waals surface area contributed by atoms with E-state index < -0.39 is 10.3 Å². The largest absolute Gasteiger partial charge is 0.465 e. The molecule has 1 unspecified atom stereocenters. The molecule has 1 aromatic rings. The molecule has 0 aliphatic heterocycles. The molecular formula is C15H19NO4. The summed E-state index contributed by atoms with van der Waals surface area (Å²) in [4.78, 5) is 22.5. The highest BCUT2D eigenvalue weighted by atomic mass is 16.6. The minimum Gasteiger partial charge on any atom is -0.465 e. The first-order valence-corrected chi connectivity index (χ1v) is 6.39. The van der Waals surface area contributed by atoms with E-state index in [4.69, 9.17) is 4.74 Å². The van der Waals surface area contributed by atoms with Crippen molar-refractivity contribution >= 4 is 11.7 Å². The molecule has 0 bridgehead atoms. The molecule has 1 atom stereocenters. The van der Waals surface area contributed by atoms with Gasteiger partial charge >= 0.3 is 5.97 Å². The molecule has 0 heterocycles. The summed E-state index contributed by atoms with van der Waals surface area (Å²) in [5.74, 6) is -0.374. The van der Waals surface area contributed by atoms with Gasteiger partial charge in [-0.1, -0.05) is 18.2 Å². The van der Waals surface area contributed by atoms with Crippen molar-refractivity contribution in [3.8, 4) is 0 Å². The fraction of sp³-hybridized carbons (Fsp3) is 0.400. The molecule has 5 nitrogen and oxygen atoms in total. The minimum atomic E-state index is -0.893. The monoisotopic (exact) mass is 277 g/mol. The Bertz CT molecular complexity index is 539. The zero-order chi connectivity index (χ0) is 15.3. The first-order chi connectivity index (χ1) is 9.35. The van der Waals surface area contributed by atoms with E-state index in [1.54, 1.807) is 32.9 Å². The molecule has 0 aliphatic rings. The number of esters is 1. The van der Waals surface area contributed by atoms with Crippen LogP contribution >= 0.6 is 0 Å². The third-order valence-electron chi connectivity index (χ3n) is 3.36. The molecule has 0 aromatic heterocycles. The van der Waals surface area contributed by atoms with Gasteiger partial charge in [0, 0.05) is 11.6 Å². The Morgan fingerprint density at radius 2 is 2.20 bits per heavy atom.